The third-order valence-corrected chi connectivity index (χ3v) is 4.22. The lowest BCUT2D eigenvalue weighted by Crippen LogP contribution is -2.46. The van der Waals surface area contributed by atoms with Gasteiger partial charge in [-0.15, -0.1) is 0 Å². The summed E-state index contributed by atoms with van der Waals surface area (Å²) in [7, 11) is 1.57. The normalized spacial score (nSPS) is 18.0. The van der Waals surface area contributed by atoms with E-state index in [1.54, 1.807) is 31.4 Å². The van der Waals surface area contributed by atoms with Crippen molar-refractivity contribution in [2.45, 2.75) is 38.8 Å². The Hall–Kier alpha value is -1.59. The van der Waals surface area contributed by atoms with Gasteiger partial charge in [0.1, 0.15) is 5.75 Å². The van der Waals surface area contributed by atoms with Gasteiger partial charge in [-0.05, 0) is 36.5 Å². The average Bonchev–Trinajstić information content (AvgIpc) is 2.55. The molecule has 0 aliphatic carbocycles. The number of rotatable bonds is 6. The number of ether oxygens (including phenoxy) is 1. The van der Waals surface area contributed by atoms with Crippen LogP contribution in [0.4, 0.5) is 0 Å². The van der Waals surface area contributed by atoms with Crippen LogP contribution < -0.4 is 10.1 Å². The van der Waals surface area contributed by atoms with Crippen LogP contribution in [0.2, 0.25) is 0 Å². The number of hydrogen-bond donors (Lipinski definition) is 2. The molecule has 0 radical (unpaired) electrons. The Bertz CT molecular complexity index is 511. The Morgan fingerprint density at radius 1 is 1.39 bits per heavy atom. The van der Waals surface area contributed by atoms with Gasteiger partial charge in [-0.2, -0.15) is 0 Å². The fourth-order valence-corrected chi connectivity index (χ4v) is 3.02. The lowest BCUT2D eigenvalue weighted by atomic mass is 10.0. The van der Waals surface area contributed by atoms with Crippen molar-refractivity contribution in [3.8, 4) is 5.75 Å². The van der Waals surface area contributed by atoms with Crippen LogP contribution in [0.25, 0.3) is 0 Å². The molecule has 1 aromatic rings. The van der Waals surface area contributed by atoms with Gasteiger partial charge in [-0.25, -0.2) is 0 Å². The molecule has 1 amide bonds. The molecular formula is C18H28N2O3. The van der Waals surface area contributed by atoms with Gasteiger partial charge in [-0.1, -0.05) is 26.0 Å². The number of carbonyl (C=O) groups excluding carboxylic acids is 1. The average molecular weight is 320 g/mol. The van der Waals surface area contributed by atoms with Crippen molar-refractivity contribution in [2.24, 2.45) is 5.92 Å². The minimum Gasteiger partial charge on any atom is -0.497 e. The number of nitrogens with one attached hydrogen (secondary N) is 1. The molecule has 0 aromatic heterocycles. The Labute approximate surface area is 138 Å². The van der Waals surface area contributed by atoms with Crippen molar-refractivity contribution in [3.05, 3.63) is 29.8 Å². The first kappa shape index (κ1) is 17.8. The van der Waals surface area contributed by atoms with E-state index >= 15 is 0 Å². The molecule has 1 fully saturated rings. The van der Waals surface area contributed by atoms with Crippen LogP contribution >= 0.6 is 0 Å². The van der Waals surface area contributed by atoms with Gasteiger partial charge in [0.05, 0.1) is 7.11 Å². The summed E-state index contributed by atoms with van der Waals surface area (Å²) in [6.07, 6.45) is 0.714. The molecular weight excluding hydrogens is 292 g/mol. The summed E-state index contributed by atoms with van der Waals surface area (Å²) in [6, 6.07) is 7.13. The van der Waals surface area contributed by atoms with Crippen molar-refractivity contribution in [3.63, 3.8) is 0 Å². The van der Waals surface area contributed by atoms with Crippen molar-refractivity contribution in [2.75, 3.05) is 26.7 Å². The van der Waals surface area contributed by atoms with Crippen LogP contribution in [0.1, 0.15) is 38.4 Å². The third-order valence-electron chi connectivity index (χ3n) is 4.22. The highest BCUT2D eigenvalue weighted by Crippen LogP contribution is 2.20. The molecule has 5 nitrogen and oxygen atoms in total. The van der Waals surface area contributed by atoms with E-state index in [2.05, 4.69) is 24.1 Å². The molecule has 0 bridgehead atoms. The number of aliphatic hydroxyl groups is 1. The maximum absolute atomic E-state index is 12.3. The van der Waals surface area contributed by atoms with E-state index in [1.807, 2.05) is 0 Å². The fraction of sp³-hybridized carbons (Fsp3) is 0.611. The van der Waals surface area contributed by atoms with Gasteiger partial charge < -0.3 is 20.1 Å². The first-order chi connectivity index (χ1) is 11.0. The quantitative estimate of drug-likeness (QED) is 0.841. The lowest BCUT2D eigenvalue weighted by molar-refractivity contribution is -0.130. The van der Waals surface area contributed by atoms with E-state index in [-0.39, 0.29) is 11.9 Å². The summed E-state index contributed by atoms with van der Waals surface area (Å²) in [5, 5.41) is 13.2. The van der Waals surface area contributed by atoms with Crippen molar-refractivity contribution in [1.29, 1.82) is 0 Å². The standard InChI is InChI=1S/C18H28N2O3/c1-13(2)12-20-9-7-15(8-10-20)19-18(22)17(21)14-5-4-6-16(11-14)23-3/h4-6,11,13,15,17,21H,7-10,12H2,1-3H3,(H,19,22). The minimum absolute atomic E-state index is 0.145. The molecule has 1 aromatic carbocycles. The van der Waals surface area contributed by atoms with E-state index < -0.39 is 6.10 Å². The summed E-state index contributed by atoms with van der Waals surface area (Å²) in [5.74, 6) is 0.966. The summed E-state index contributed by atoms with van der Waals surface area (Å²) in [5.41, 5.74) is 0.555. The Morgan fingerprint density at radius 3 is 2.70 bits per heavy atom. The zero-order valence-corrected chi connectivity index (χ0v) is 14.3. The van der Waals surface area contributed by atoms with Gasteiger partial charge in [0.2, 0.25) is 0 Å². The molecule has 0 saturated carbocycles. The fourth-order valence-electron chi connectivity index (χ4n) is 3.02. The number of likely N-dealkylation sites (tertiary alicyclic amines) is 1. The molecule has 1 heterocycles. The van der Waals surface area contributed by atoms with Crippen LogP contribution in [-0.4, -0.2) is 48.7 Å². The Kier molecular flexibility index (Phi) is 6.42. The zero-order valence-electron chi connectivity index (χ0n) is 14.3. The number of hydrogen-bond acceptors (Lipinski definition) is 4. The van der Waals surface area contributed by atoms with Crippen LogP contribution in [-0.2, 0) is 4.79 Å². The number of carbonyl (C=O) groups is 1. The van der Waals surface area contributed by atoms with E-state index in [0.717, 1.165) is 32.5 Å². The molecule has 1 aliphatic rings. The number of methoxy groups -OCH3 is 1. The van der Waals surface area contributed by atoms with Crippen LogP contribution in [0.15, 0.2) is 24.3 Å². The Balaban J connectivity index is 1.84. The summed E-state index contributed by atoms with van der Waals surface area (Å²) in [4.78, 5) is 14.7. The monoisotopic (exact) mass is 320 g/mol. The third kappa shape index (κ3) is 5.22. The topological polar surface area (TPSA) is 61.8 Å². The summed E-state index contributed by atoms with van der Waals surface area (Å²) < 4.78 is 5.13. The molecule has 128 valence electrons. The van der Waals surface area contributed by atoms with Crippen molar-refractivity contribution < 1.29 is 14.6 Å². The molecule has 1 saturated heterocycles. The summed E-state index contributed by atoms with van der Waals surface area (Å²) >= 11 is 0. The van der Waals surface area contributed by atoms with Gasteiger partial charge in [-0.3, -0.25) is 4.79 Å². The maximum Gasteiger partial charge on any atom is 0.253 e. The molecule has 0 spiro atoms. The predicted octanol–water partition coefficient (Wildman–Crippen LogP) is 1.97. The molecule has 1 atom stereocenters. The number of aliphatic hydroxyl groups excluding tert-OH is 1. The van der Waals surface area contributed by atoms with Crippen molar-refractivity contribution >= 4 is 5.91 Å². The van der Waals surface area contributed by atoms with E-state index in [0.29, 0.717) is 17.2 Å². The molecule has 2 N–H and O–H groups in total. The summed E-state index contributed by atoms with van der Waals surface area (Å²) in [6.45, 7) is 7.54. The number of amides is 1. The highest BCUT2D eigenvalue weighted by Gasteiger charge is 2.24. The van der Waals surface area contributed by atoms with Crippen molar-refractivity contribution in [1.82, 2.24) is 10.2 Å². The smallest absolute Gasteiger partial charge is 0.253 e. The van der Waals surface area contributed by atoms with Crippen LogP contribution in [0, 0.1) is 5.92 Å². The highest BCUT2D eigenvalue weighted by atomic mass is 16.5. The van der Waals surface area contributed by atoms with E-state index in [1.165, 1.54) is 0 Å². The van der Waals surface area contributed by atoms with Gasteiger partial charge >= 0.3 is 0 Å². The van der Waals surface area contributed by atoms with Gasteiger partial charge in [0, 0.05) is 25.7 Å². The number of nitrogens with zero attached hydrogens (tertiary/aromatic N) is 1. The maximum atomic E-state index is 12.3. The zero-order chi connectivity index (χ0) is 16.8. The number of benzene rings is 1. The highest BCUT2D eigenvalue weighted by molar-refractivity contribution is 5.82. The van der Waals surface area contributed by atoms with Gasteiger partial charge in [0.15, 0.2) is 6.10 Å². The molecule has 1 aliphatic heterocycles. The Morgan fingerprint density at radius 2 is 2.09 bits per heavy atom. The second-order valence-corrected chi connectivity index (χ2v) is 6.66. The van der Waals surface area contributed by atoms with Crippen LogP contribution in [0.5, 0.6) is 5.75 Å². The van der Waals surface area contributed by atoms with E-state index in [9.17, 15) is 9.90 Å². The molecule has 5 heteroatoms. The lowest BCUT2D eigenvalue weighted by Gasteiger charge is -2.33. The molecule has 2 rings (SSSR count). The van der Waals surface area contributed by atoms with Crippen LogP contribution in [0.3, 0.4) is 0 Å². The van der Waals surface area contributed by atoms with Gasteiger partial charge in [0.25, 0.3) is 5.91 Å². The molecule has 1 unspecified atom stereocenters. The largest absolute Gasteiger partial charge is 0.497 e. The number of piperidine rings is 1. The predicted molar refractivity (Wildman–Crippen MR) is 90.4 cm³/mol. The SMILES string of the molecule is COc1cccc(C(O)C(=O)NC2CCN(CC(C)C)CC2)c1. The first-order valence-electron chi connectivity index (χ1n) is 8.34. The molecule has 23 heavy (non-hydrogen) atoms. The minimum atomic E-state index is -1.15. The first-order valence-corrected chi connectivity index (χ1v) is 8.34. The second-order valence-electron chi connectivity index (χ2n) is 6.66. The van der Waals surface area contributed by atoms with E-state index in [4.69, 9.17) is 4.74 Å². The second kappa shape index (κ2) is 8.31.